The third-order valence-electron chi connectivity index (χ3n) is 4.79. The lowest BCUT2D eigenvalue weighted by Crippen LogP contribution is -2.01. The molecule has 0 fully saturated rings. The van der Waals surface area contributed by atoms with Gasteiger partial charge in [0.15, 0.2) is 17.8 Å². The lowest BCUT2D eigenvalue weighted by Gasteiger charge is -2.09. The van der Waals surface area contributed by atoms with E-state index in [0.717, 1.165) is 33.5 Å². The van der Waals surface area contributed by atoms with Crippen LogP contribution in [0.25, 0.3) is 28.0 Å². The second-order valence-electron chi connectivity index (χ2n) is 6.88. The van der Waals surface area contributed by atoms with Crippen molar-refractivity contribution in [3.05, 3.63) is 78.7 Å². The summed E-state index contributed by atoms with van der Waals surface area (Å²) in [5, 5.41) is 8.78. The van der Waals surface area contributed by atoms with E-state index in [-0.39, 0.29) is 0 Å². The number of hydrogen-bond acceptors (Lipinski definition) is 6. The normalized spacial score (nSPS) is 11.1. The predicted molar refractivity (Wildman–Crippen MR) is 111 cm³/mol. The maximum atomic E-state index is 5.39. The molecular formula is C22H18N6O. The van der Waals surface area contributed by atoms with Crippen molar-refractivity contribution >= 4 is 22.5 Å². The lowest BCUT2D eigenvalue weighted by atomic mass is 10.1. The molecule has 0 bridgehead atoms. The third-order valence-corrected chi connectivity index (χ3v) is 4.79. The molecule has 3 heterocycles. The molecule has 3 aromatic heterocycles. The maximum absolute atomic E-state index is 5.39. The molecule has 0 spiro atoms. The molecular weight excluding hydrogens is 364 g/mol. The molecule has 29 heavy (non-hydrogen) atoms. The minimum absolute atomic E-state index is 0.695. The van der Waals surface area contributed by atoms with Crippen molar-refractivity contribution in [2.45, 2.75) is 13.8 Å². The number of nitrogens with zero attached hydrogens (tertiary/aromatic N) is 5. The van der Waals surface area contributed by atoms with Crippen molar-refractivity contribution in [1.29, 1.82) is 0 Å². The molecule has 142 valence electrons. The van der Waals surface area contributed by atoms with Gasteiger partial charge in [-0.2, -0.15) is 5.10 Å². The Balaban J connectivity index is 1.54. The fourth-order valence-electron chi connectivity index (χ4n) is 3.41. The second-order valence-corrected chi connectivity index (χ2v) is 6.88. The van der Waals surface area contributed by atoms with E-state index in [2.05, 4.69) is 57.4 Å². The van der Waals surface area contributed by atoms with Crippen molar-refractivity contribution in [2.75, 3.05) is 5.32 Å². The Morgan fingerprint density at radius 1 is 1.00 bits per heavy atom. The van der Waals surface area contributed by atoms with Gasteiger partial charge in [-0.15, -0.1) is 0 Å². The molecule has 0 radical (unpaired) electrons. The van der Waals surface area contributed by atoms with Gasteiger partial charge in [-0.1, -0.05) is 29.8 Å². The fourth-order valence-corrected chi connectivity index (χ4v) is 3.41. The van der Waals surface area contributed by atoms with E-state index in [9.17, 15) is 0 Å². The maximum Gasteiger partial charge on any atom is 0.181 e. The van der Waals surface area contributed by atoms with Crippen molar-refractivity contribution in [3.63, 3.8) is 0 Å². The van der Waals surface area contributed by atoms with E-state index >= 15 is 0 Å². The highest BCUT2D eigenvalue weighted by Gasteiger charge is 2.13. The highest BCUT2D eigenvalue weighted by atomic mass is 16.3. The number of hydrogen-bond donors (Lipinski definition) is 1. The number of rotatable bonds is 4. The minimum atomic E-state index is 0.695. The highest BCUT2D eigenvalue weighted by molar-refractivity contribution is 5.89. The smallest absolute Gasteiger partial charge is 0.181 e. The van der Waals surface area contributed by atoms with Gasteiger partial charge in [-0.25, -0.2) is 19.6 Å². The van der Waals surface area contributed by atoms with Crippen LogP contribution >= 0.6 is 0 Å². The number of nitrogens with one attached hydrogen (secondary N) is 1. The molecule has 1 N–H and O–H groups in total. The first kappa shape index (κ1) is 17.1. The average Bonchev–Trinajstić information content (AvgIpc) is 3.39. The summed E-state index contributed by atoms with van der Waals surface area (Å²) in [6, 6.07) is 14.2. The van der Waals surface area contributed by atoms with Crippen molar-refractivity contribution in [2.24, 2.45) is 0 Å². The number of aromatic nitrogens is 5. The van der Waals surface area contributed by atoms with Crippen LogP contribution in [-0.2, 0) is 0 Å². The van der Waals surface area contributed by atoms with Gasteiger partial charge in [0.2, 0.25) is 0 Å². The summed E-state index contributed by atoms with van der Waals surface area (Å²) in [5.74, 6) is 1.41. The Morgan fingerprint density at radius 2 is 1.93 bits per heavy atom. The molecule has 0 amide bonds. The Bertz CT molecular complexity index is 1310. The number of fused-ring (bicyclic) bond motifs is 1. The largest absolute Gasteiger partial charge is 0.444 e. The highest BCUT2D eigenvalue weighted by Crippen LogP contribution is 2.28. The third kappa shape index (κ3) is 3.12. The van der Waals surface area contributed by atoms with Crippen LogP contribution in [-0.4, -0.2) is 24.7 Å². The molecule has 0 aliphatic rings. The Labute approximate surface area is 167 Å². The van der Waals surface area contributed by atoms with Crippen LogP contribution in [0.3, 0.4) is 0 Å². The molecule has 0 aliphatic heterocycles. The van der Waals surface area contributed by atoms with Gasteiger partial charge in [0.1, 0.15) is 12.1 Å². The minimum Gasteiger partial charge on any atom is -0.444 e. The van der Waals surface area contributed by atoms with E-state index in [1.165, 1.54) is 12.0 Å². The SMILES string of the molecule is Cc1ccc(-n2ncc3c(Nc4cccc(-c5cnco5)c4)ncnc32)c(C)c1. The zero-order chi connectivity index (χ0) is 19.8. The average molecular weight is 382 g/mol. The summed E-state index contributed by atoms with van der Waals surface area (Å²) in [5.41, 5.74) is 5.93. The van der Waals surface area contributed by atoms with Crippen molar-refractivity contribution in [3.8, 4) is 17.0 Å². The Morgan fingerprint density at radius 3 is 2.76 bits per heavy atom. The molecule has 0 saturated carbocycles. The number of anilines is 2. The van der Waals surface area contributed by atoms with Gasteiger partial charge >= 0.3 is 0 Å². The van der Waals surface area contributed by atoms with Crippen LogP contribution in [0.15, 0.2) is 72.0 Å². The molecule has 2 aromatic carbocycles. The first-order valence-electron chi connectivity index (χ1n) is 9.21. The lowest BCUT2D eigenvalue weighted by molar-refractivity contribution is 0.572. The molecule has 7 nitrogen and oxygen atoms in total. The predicted octanol–water partition coefficient (Wildman–Crippen LogP) is 4.83. The van der Waals surface area contributed by atoms with Gasteiger partial charge in [0, 0.05) is 11.3 Å². The van der Waals surface area contributed by atoms with Gasteiger partial charge in [-0.05, 0) is 37.6 Å². The first-order valence-corrected chi connectivity index (χ1v) is 9.21. The summed E-state index contributed by atoms with van der Waals surface area (Å²) < 4.78 is 7.24. The topological polar surface area (TPSA) is 81.7 Å². The number of benzene rings is 2. The fraction of sp³-hybridized carbons (Fsp3) is 0.0909. The van der Waals surface area contributed by atoms with Crippen LogP contribution in [0.2, 0.25) is 0 Å². The monoisotopic (exact) mass is 382 g/mol. The molecule has 7 heteroatoms. The summed E-state index contributed by atoms with van der Waals surface area (Å²) >= 11 is 0. The van der Waals surface area contributed by atoms with Gasteiger partial charge in [0.05, 0.1) is 23.5 Å². The van der Waals surface area contributed by atoms with Gasteiger partial charge < -0.3 is 9.73 Å². The molecule has 0 unspecified atom stereocenters. The van der Waals surface area contributed by atoms with Crippen LogP contribution in [0.4, 0.5) is 11.5 Å². The summed E-state index contributed by atoms with van der Waals surface area (Å²) in [6.07, 6.45) is 6.45. The van der Waals surface area contributed by atoms with Crippen molar-refractivity contribution < 1.29 is 4.42 Å². The Kier molecular flexibility index (Phi) is 4.05. The molecule has 0 atom stereocenters. The van der Waals surface area contributed by atoms with E-state index in [4.69, 9.17) is 4.42 Å². The quantitative estimate of drug-likeness (QED) is 0.479. The summed E-state index contributed by atoms with van der Waals surface area (Å²) in [4.78, 5) is 12.9. The van der Waals surface area contributed by atoms with Crippen LogP contribution in [0, 0.1) is 13.8 Å². The van der Waals surface area contributed by atoms with Gasteiger partial charge in [0.25, 0.3) is 0 Å². The summed E-state index contributed by atoms with van der Waals surface area (Å²) in [7, 11) is 0. The van der Waals surface area contributed by atoms with Crippen LogP contribution < -0.4 is 5.32 Å². The van der Waals surface area contributed by atoms with Crippen LogP contribution in [0.5, 0.6) is 0 Å². The number of oxazole rings is 1. The second kappa shape index (κ2) is 6.87. The molecule has 5 aromatic rings. The van der Waals surface area contributed by atoms with Crippen LogP contribution in [0.1, 0.15) is 11.1 Å². The van der Waals surface area contributed by atoms with Crippen molar-refractivity contribution in [1.82, 2.24) is 24.7 Å². The van der Waals surface area contributed by atoms with E-state index in [1.54, 1.807) is 18.7 Å². The summed E-state index contributed by atoms with van der Waals surface area (Å²) in [6.45, 7) is 4.15. The standard InChI is InChI=1S/C22H18N6O/c1-14-6-7-19(15(2)8-14)28-22-18(10-26-28)21(24-12-25-22)27-17-5-3-4-16(9-17)20-11-23-13-29-20/h3-13H,1-2H3,(H,24,25,27). The zero-order valence-corrected chi connectivity index (χ0v) is 16.0. The van der Waals surface area contributed by atoms with E-state index < -0.39 is 0 Å². The van der Waals surface area contributed by atoms with E-state index in [1.807, 2.05) is 28.9 Å². The Hall–Kier alpha value is -4.00. The molecule has 0 aliphatic carbocycles. The number of aryl methyl sites for hydroxylation is 2. The first-order chi connectivity index (χ1) is 14.2. The molecule has 0 saturated heterocycles. The zero-order valence-electron chi connectivity index (χ0n) is 16.0. The van der Waals surface area contributed by atoms with E-state index in [0.29, 0.717) is 11.6 Å². The van der Waals surface area contributed by atoms with Gasteiger partial charge in [-0.3, -0.25) is 0 Å². The molecule has 5 rings (SSSR count).